The van der Waals surface area contributed by atoms with E-state index in [2.05, 4.69) is 212 Å². The van der Waals surface area contributed by atoms with Gasteiger partial charge >= 0.3 is 21.7 Å². The molecular formula is C51H75Cl3SiTi. The van der Waals surface area contributed by atoms with Crippen LogP contribution in [0.5, 0.6) is 0 Å². The maximum absolute atomic E-state index is 4.26. The SMILES string of the molecule is CC(C)(C)C1=CCC([Si](c2cc(C(C)(C)C)cc(C(C)(C)C)c2)(c2cc(C(C)(C)C)cc(C(C)(C)C)c2)c2cc(C(C)(C)C)cc(C(C)(C)C)c2)=[C-]1.[Cl-].[Cl-].[Cl-].[Ti+4]. The van der Waals surface area contributed by atoms with Gasteiger partial charge in [-0.15, -0.1) is 0 Å². The zero-order valence-electron chi connectivity index (χ0n) is 39.1. The maximum atomic E-state index is 4.26. The number of hydrogen-bond acceptors (Lipinski definition) is 0. The van der Waals surface area contributed by atoms with Gasteiger partial charge in [0.15, 0.2) is 8.07 Å². The summed E-state index contributed by atoms with van der Waals surface area (Å²) in [6, 6.07) is 23.3. The Bertz CT molecular complexity index is 1600. The van der Waals surface area contributed by atoms with Gasteiger partial charge in [-0.25, -0.2) is 11.6 Å². The summed E-state index contributed by atoms with van der Waals surface area (Å²) in [7, 11) is -3.02. The van der Waals surface area contributed by atoms with Crippen LogP contribution in [-0.4, -0.2) is 8.07 Å². The third-order valence-electron chi connectivity index (χ3n) is 11.4. The van der Waals surface area contributed by atoms with Gasteiger partial charge in [0.25, 0.3) is 0 Å². The van der Waals surface area contributed by atoms with E-state index >= 15 is 0 Å². The molecule has 56 heavy (non-hydrogen) atoms. The van der Waals surface area contributed by atoms with Gasteiger partial charge in [0.1, 0.15) is 0 Å². The molecule has 308 valence electrons. The normalized spacial score (nSPS) is 14.4. The maximum Gasteiger partial charge on any atom is 4.00 e. The molecule has 0 nitrogen and oxygen atoms in total. The van der Waals surface area contributed by atoms with Crippen molar-refractivity contribution >= 4 is 23.6 Å². The Hall–Kier alpha value is -1.06. The number of hydrogen-bond donors (Lipinski definition) is 0. The fourth-order valence-corrected chi connectivity index (χ4v) is 12.4. The molecule has 0 bridgehead atoms. The molecule has 0 N–H and O–H groups in total. The van der Waals surface area contributed by atoms with Crippen LogP contribution in [0.15, 0.2) is 71.4 Å². The number of benzene rings is 3. The second-order valence-corrected chi connectivity index (χ2v) is 27.2. The second-order valence-electron chi connectivity index (χ2n) is 23.3. The molecule has 5 heteroatoms. The third-order valence-corrected chi connectivity index (χ3v) is 16.0. The van der Waals surface area contributed by atoms with Crippen molar-refractivity contribution in [1.82, 2.24) is 0 Å². The number of halogens is 3. The van der Waals surface area contributed by atoms with E-state index < -0.39 is 8.07 Å². The molecule has 0 aliphatic heterocycles. The monoisotopic (exact) mass is 868 g/mol. The smallest absolute Gasteiger partial charge is 1.00 e. The van der Waals surface area contributed by atoms with E-state index in [1.807, 2.05) is 0 Å². The Morgan fingerprint density at radius 1 is 0.357 bits per heavy atom. The predicted octanol–water partition coefficient (Wildman–Crippen LogP) is 3.60. The summed E-state index contributed by atoms with van der Waals surface area (Å²) >= 11 is 0. The molecule has 0 saturated heterocycles. The average molecular weight is 870 g/mol. The number of allylic oxidation sites excluding steroid dienone is 4. The first-order valence-electron chi connectivity index (χ1n) is 20.0. The first-order valence-corrected chi connectivity index (χ1v) is 22.0. The van der Waals surface area contributed by atoms with Gasteiger partial charge in [-0.1, -0.05) is 206 Å². The molecule has 0 aromatic heterocycles. The Morgan fingerprint density at radius 3 is 0.732 bits per heavy atom. The molecule has 0 atom stereocenters. The summed E-state index contributed by atoms with van der Waals surface area (Å²) in [6.45, 7) is 50.0. The molecular weight excluding hydrogens is 795 g/mol. The van der Waals surface area contributed by atoms with Crippen LogP contribution < -0.4 is 52.8 Å². The van der Waals surface area contributed by atoms with Crippen LogP contribution in [0.3, 0.4) is 0 Å². The van der Waals surface area contributed by atoms with Gasteiger partial charge < -0.3 is 37.2 Å². The van der Waals surface area contributed by atoms with Crippen LogP contribution in [0, 0.1) is 11.5 Å². The second kappa shape index (κ2) is 17.9. The van der Waals surface area contributed by atoms with E-state index in [1.54, 1.807) is 0 Å². The Morgan fingerprint density at radius 2 is 0.571 bits per heavy atom. The molecule has 0 spiro atoms. The zero-order valence-corrected chi connectivity index (χ0v) is 43.9. The molecule has 3 aromatic rings. The summed E-state index contributed by atoms with van der Waals surface area (Å²) in [6.07, 6.45) is 7.69. The molecule has 0 saturated carbocycles. The van der Waals surface area contributed by atoms with Crippen LogP contribution in [-0.2, 0) is 54.2 Å². The van der Waals surface area contributed by atoms with Crippen LogP contribution >= 0.6 is 0 Å². The molecule has 0 heterocycles. The Kier molecular flexibility index (Phi) is 17.5. The largest absolute Gasteiger partial charge is 4.00 e. The average Bonchev–Trinajstić information content (AvgIpc) is 3.46. The molecule has 0 radical (unpaired) electrons. The minimum absolute atomic E-state index is 0. The van der Waals surface area contributed by atoms with E-state index in [4.69, 9.17) is 0 Å². The molecule has 1 aliphatic carbocycles. The minimum atomic E-state index is -3.02. The van der Waals surface area contributed by atoms with E-state index in [1.165, 1.54) is 59.7 Å². The fourth-order valence-electron chi connectivity index (χ4n) is 7.36. The standard InChI is InChI=1S/C51H75Si.3ClH.Ti/c1-45(2,3)34-22-23-41(27-34)52(42-28-35(46(4,5)6)24-36(29-42)47(7,8)9,43-30-37(48(10,11)12)25-38(31-43)49(13,14)15)44-32-39(50(16,17)18)26-40(33-44)51(19,20)21;;;;/h22,24-26,28-33H,23H2,1-21H3;3*1H;/q-1;;;;+4/p-3. The molecule has 4 rings (SSSR count). The van der Waals surface area contributed by atoms with E-state index in [9.17, 15) is 0 Å². The van der Waals surface area contributed by atoms with E-state index in [0.717, 1.165) is 6.42 Å². The van der Waals surface area contributed by atoms with Gasteiger partial charge in [0, 0.05) is 0 Å². The fraction of sp³-hybridized carbons (Fsp3) is 0.569. The Labute approximate surface area is 380 Å². The van der Waals surface area contributed by atoms with Crippen molar-refractivity contribution in [2.45, 2.75) is 184 Å². The molecule has 0 fully saturated rings. The van der Waals surface area contributed by atoms with Crippen molar-refractivity contribution in [3.63, 3.8) is 0 Å². The predicted molar refractivity (Wildman–Crippen MR) is 235 cm³/mol. The van der Waals surface area contributed by atoms with Gasteiger partial charge in [-0.05, 0) is 86.8 Å². The minimum Gasteiger partial charge on any atom is -1.00 e. The summed E-state index contributed by atoms with van der Waals surface area (Å²) in [5.74, 6) is 0. The summed E-state index contributed by atoms with van der Waals surface area (Å²) in [5, 5.41) is 5.97. The zero-order chi connectivity index (χ0) is 39.8. The Balaban J connectivity index is 0.00000756. The van der Waals surface area contributed by atoms with Crippen molar-refractivity contribution in [2.24, 2.45) is 5.41 Å². The topological polar surface area (TPSA) is 0 Å². The van der Waals surface area contributed by atoms with Crippen LogP contribution in [0.25, 0.3) is 0 Å². The van der Waals surface area contributed by atoms with Crippen LogP contribution in [0.1, 0.15) is 185 Å². The first kappa shape index (κ1) is 54.9. The van der Waals surface area contributed by atoms with Gasteiger partial charge in [0.05, 0.1) is 0 Å². The number of rotatable bonds is 4. The van der Waals surface area contributed by atoms with Crippen molar-refractivity contribution < 1.29 is 58.9 Å². The van der Waals surface area contributed by atoms with Crippen molar-refractivity contribution in [3.8, 4) is 0 Å². The molecule has 0 amide bonds. The first-order chi connectivity index (χ1) is 23.2. The van der Waals surface area contributed by atoms with Gasteiger partial charge in [-0.2, -0.15) is 5.20 Å². The van der Waals surface area contributed by atoms with Crippen molar-refractivity contribution in [1.29, 1.82) is 0 Å². The van der Waals surface area contributed by atoms with E-state index in [-0.39, 0.29) is 96.8 Å². The van der Waals surface area contributed by atoms with Crippen molar-refractivity contribution in [3.05, 3.63) is 111 Å². The molecule has 3 aromatic carbocycles. The van der Waals surface area contributed by atoms with Crippen molar-refractivity contribution in [2.75, 3.05) is 0 Å². The summed E-state index contributed by atoms with van der Waals surface area (Å²) < 4.78 is 0. The summed E-state index contributed by atoms with van der Waals surface area (Å²) in [4.78, 5) is 0. The van der Waals surface area contributed by atoms with Crippen LogP contribution in [0.2, 0.25) is 0 Å². The van der Waals surface area contributed by atoms with Gasteiger partial charge in [0.2, 0.25) is 0 Å². The van der Waals surface area contributed by atoms with Crippen LogP contribution in [0.4, 0.5) is 0 Å². The molecule has 0 unspecified atom stereocenters. The molecule has 1 aliphatic rings. The summed E-state index contributed by atoms with van der Waals surface area (Å²) in [5.41, 5.74) is 9.81. The third kappa shape index (κ3) is 11.8. The van der Waals surface area contributed by atoms with Gasteiger partial charge in [-0.3, -0.25) is 6.08 Å². The van der Waals surface area contributed by atoms with E-state index in [0.29, 0.717) is 0 Å². The quantitative estimate of drug-likeness (QED) is 0.214.